The molecule has 112 valence electrons. The zero-order valence-corrected chi connectivity index (χ0v) is 11.8. The van der Waals surface area contributed by atoms with Gasteiger partial charge in [0.25, 0.3) is 0 Å². The van der Waals surface area contributed by atoms with Crippen molar-refractivity contribution in [2.75, 3.05) is 11.1 Å². The predicted molar refractivity (Wildman–Crippen MR) is 71.4 cm³/mol. The van der Waals surface area contributed by atoms with E-state index in [4.69, 9.17) is 0 Å². The van der Waals surface area contributed by atoms with Crippen molar-refractivity contribution < 1.29 is 18.0 Å². The normalized spacial score (nSPS) is 10.7. The zero-order chi connectivity index (χ0) is 15.4. The summed E-state index contributed by atoms with van der Waals surface area (Å²) in [5.74, 6) is -4.97. The van der Waals surface area contributed by atoms with Gasteiger partial charge in [-0.3, -0.25) is 4.79 Å². The Labute approximate surface area is 122 Å². The van der Waals surface area contributed by atoms with Gasteiger partial charge in [-0.2, -0.15) is 0 Å². The molecule has 0 aliphatic heterocycles. The number of halogens is 3. The minimum absolute atomic E-state index is 0.0584. The molecular weight excluding hydrogens is 305 g/mol. The number of nitrogens with one attached hydrogen (secondary N) is 1. The van der Waals surface area contributed by atoms with E-state index in [1.165, 1.54) is 6.33 Å². The number of aromatic nitrogens is 3. The van der Waals surface area contributed by atoms with Gasteiger partial charge in [0.15, 0.2) is 22.6 Å². The lowest BCUT2D eigenvalue weighted by molar-refractivity contribution is -0.113. The van der Waals surface area contributed by atoms with Gasteiger partial charge in [0.05, 0.1) is 11.4 Å². The van der Waals surface area contributed by atoms with E-state index in [0.717, 1.165) is 23.9 Å². The number of carbonyl (C=O) groups excluding carboxylic acids is 1. The van der Waals surface area contributed by atoms with Crippen LogP contribution in [0.4, 0.5) is 18.9 Å². The van der Waals surface area contributed by atoms with Crippen LogP contribution in [0.15, 0.2) is 23.6 Å². The molecule has 1 aromatic carbocycles. The van der Waals surface area contributed by atoms with E-state index < -0.39 is 29.0 Å². The fourth-order valence-corrected chi connectivity index (χ4v) is 2.29. The number of aryl methyl sites for hydroxylation is 1. The van der Waals surface area contributed by atoms with E-state index in [2.05, 4.69) is 15.5 Å². The molecule has 1 N–H and O–H groups in total. The Balaban J connectivity index is 1.98. The van der Waals surface area contributed by atoms with Gasteiger partial charge in [-0.05, 0) is 19.1 Å². The molecule has 21 heavy (non-hydrogen) atoms. The Morgan fingerprint density at radius 1 is 1.33 bits per heavy atom. The van der Waals surface area contributed by atoms with Crippen molar-refractivity contribution in [2.24, 2.45) is 0 Å². The second kappa shape index (κ2) is 6.61. The Morgan fingerprint density at radius 3 is 2.81 bits per heavy atom. The number of nitrogens with zero attached hydrogens (tertiary/aromatic N) is 3. The number of hydrogen-bond donors (Lipinski definition) is 1. The summed E-state index contributed by atoms with van der Waals surface area (Å²) in [6.45, 7) is 2.54. The van der Waals surface area contributed by atoms with Gasteiger partial charge in [0, 0.05) is 6.54 Å². The monoisotopic (exact) mass is 316 g/mol. The van der Waals surface area contributed by atoms with Crippen molar-refractivity contribution >= 4 is 23.4 Å². The van der Waals surface area contributed by atoms with E-state index in [-0.39, 0.29) is 5.75 Å². The van der Waals surface area contributed by atoms with E-state index in [1.54, 1.807) is 4.57 Å². The number of hydrogen-bond acceptors (Lipinski definition) is 4. The largest absolute Gasteiger partial charge is 0.323 e. The molecule has 1 amide bonds. The van der Waals surface area contributed by atoms with E-state index >= 15 is 0 Å². The molecule has 1 heterocycles. The number of carbonyl (C=O) groups is 1. The Morgan fingerprint density at radius 2 is 2.10 bits per heavy atom. The second-order valence-electron chi connectivity index (χ2n) is 3.96. The Kier molecular flexibility index (Phi) is 4.84. The molecule has 0 bridgehead atoms. The number of amides is 1. The smallest absolute Gasteiger partial charge is 0.234 e. The first-order chi connectivity index (χ1) is 10.0. The summed E-state index contributed by atoms with van der Waals surface area (Å²) >= 11 is 1.11. The van der Waals surface area contributed by atoms with E-state index in [1.807, 2.05) is 6.92 Å². The Hall–Kier alpha value is -2.03. The summed E-state index contributed by atoms with van der Waals surface area (Å²) in [6, 6.07) is 1.71. The van der Waals surface area contributed by atoms with Crippen LogP contribution in [0.5, 0.6) is 0 Å². The van der Waals surface area contributed by atoms with Crippen LogP contribution in [-0.4, -0.2) is 26.4 Å². The summed E-state index contributed by atoms with van der Waals surface area (Å²) in [5, 5.41) is 10.2. The van der Waals surface area contributed by atoms with Crippen LogP contribution in [0.3, 0.4) is 0 Å². The van der Waals surface area contributed by atoms with Crippen molar-refractivity contribution in [3.8, 4) is 0 Å². The fourth-order valence-electron chi connectivity index (χ4n) is 1.51. The van der Waals surface area contributed by atoms with Gasteiger partial charge >= 0.3 is 0 Å². The van der Waals surface area contributed by atoms with Crippen LogP contribution in [0.25, 0.3) is 0 Å². The standard InChI is InChI=1S/C12H11F3N4OS/c1-2-19-6-16-18-12(19)21-5-9(20)17-8-4-3-7(13)10(14)11(8)15/h3-4,6H,2,5H2,1H3,(H,17,20). The van der Waals surface area contributed by atoms with E-state index in [0.29, 0.717) is 11.7 Å². The van der Waals surface area contributed by atoms with Crippen molar-refractivity contribution in [2.45, 2.75) is 18.6 Å². The second-order valence-corrected chi connectivity index (χ2v) is 4.90. The maximum Gasteiger partial charge on any atom is 0.234 e. The maximum atomic E-state index is 13.4. The highest BCUT2D eigenvalue weighted by Crippen LogP contribution is 2.20. The zero-order valence-electron chi connectivity index (χ0n) is 10.9. The van der Waals surface area contributed by atoms with Gasteiger partial charge in [-0.15, -0.1) is 10.2 Å². The average Bonchev–Trinajstić information content (AvgIpc) is 2.93. The first kappa shape index (κ1) is 15.4. The molecule has 0 saturated carbocycles. The molecule has 0 atom stereocenters. The predicted octanol–water partition coefficient (Wildman–Crippen LogP) is 2.45. The third-order valence-corrected chi connectivity index (χ3v) is 3.54. The third kappa shape index (κ3) is 3.54. The van der Waals surface area contributed by atoms with Gasteiger partial charge in [-0.25, -0.2) is 13.2 Å². The molecule has 0 saturated heterocycles. The van der Waals surface area contributed by atoms with Gasteiger partial charge in [0.2, 0.25) is 5.91 Å². The lowest BCUT2D eigenvalue weighted by atomic mass is 10.3. The summed E-state index contributed by atoms with van der Waals surface area (Å²) in [7, 11) is 0. The van der Waals surface area contributed by atoms with Crippen LogP contribution >= 0.6 is 11.8 Å². The lowest BCUT2D eigenvalue weighted by Crippen LogP contribution is -2.16. The molecule has 0 spiro atoms. The number of anilines is 1. The number of thioether (sulfide) groups is 1. The summed E-state index contributed by atoms with van der Waals surface area (Å²) in [6.07, 6.45) is 1.52. The first-order valence-electron chi connectivity index (χ1n) is 5.97. The molecule has 0 radical (unpaired) electrons. The molecule has 5 nitrogen and oxygen atoms in total. The summed E-state index contributed by atoms with van der Waals surface area (Å²) in [5.41, 5.74) is -0.406. The highest BCUT2D eigenvalue weighted by Gasteiger charge is 2.15. The average molecular weight is 316 g/mol. The number of benzene rings is 1. The summed E-state index contributed by atoms with van der Waals surface area (Å²) < 4.78 is 40.9. The van der Waals surface area contributed by atoms with Crippen molar-refractivity contribution in [1.82, 2.24) is 14.8 Å². The van der Waals surface area contributed by atoms with Crippen LogP contribution in [0, 0.1) is 17.5 Å². The first-order valence-corrected chi connectivity index (χ1v) is 6.95. The van der Waals surface area contributed by atoms with Crippen molar-refractivity contribution in [3.63, 3.8) is 0 Å². The van der Waals surface area contributed by atoms with Gasteiger partial charge in [-0.1, -0.05) is 11.8 Å². The van der Waals surface area contributed by atoms with E-state index in [9.17, 15) is 18.0 Å². The summed E-state index contributed by atoms with van der Waals surface area (Å²) in [4.78, 5) is 11.7. The molecular formula is C12H11F3N4OS. The molecule has 0 aliphatic carbocycles. The highest BCUT2D eigenvalue weighted by molar-refractivity contribution is 7.99. The molecule has 9 heteroatoms. The highest BCUT2D eigenvalue weighted by atomic mass is 32.2. The lowest BCUT2D eigenvalue weighted by Gasteiger charge is -2.07. The number of rotatable bonds is 5. The van der Waals surface area contributed by atoms with Crippen LogP contribution in [0.2, 0.25) is 0 Å². The quantitative estimate of drug-likeness (QED) is 0.680. The third-order valence-electron chi connectivity index (χ3n) is 2.56. The molecule has 2 aromatic rings. The fraction of sp³-hybridized carbons (Fsp3) is 0.250. The van der Waals surface area contributed by atoms with Crippen molar-refractivity contribution in [1.29, 1.82) is 0 Å². The van der Waals surface area contributed by atoms with Gasteiger partial charge in [0.1, 0.15) is 6.33 Å². The topological polar surface area (TPSA) is 59.8 Å². The molecule has 0 aliphatic rings. The van der Waals surface area contributed by atoms with Gasteiger partial charge < -0.3 is 9.88 Å². The van der Waals surface area contributed by atoms with Crippen LogP contribution in [0.1, 0.15) is 6.92 Å². The molecule has 0 fully saturated rings. The minimum atomic E-state index is -1.62. The molecule has 2 rings (SSSR count). The van der Waals surface area contributed by atoms with Crippen molar-refractivity contribution in [3.05, 3.63) is 35.9 Å². The Bertz CT molecular complexity index is 662. The van der Waals surface area contributed by atoms with Crippen LogP contribution in [-0.2, 0) is 11.3 Å². The molecule has 0 unspecified atom stereocenters. The SMILES string of the molecule is CCn1cnnc1SCC(=O)Nc1ccc(F)c(F)c1F. The minimum Gasteiger partial charge on any atom is -0.323 e. The molecule has 1 aromatic heterocycles. The van der Waals surface area contributed by atoms with Crippen LogP contribution < -0.4 is 5.32 Å². The maximum absolute atomic E-state index is 13.4.